The second kappa shape index (κ2) is 3.90. The van der Waals surface area contributed by atoms with Gasteiger partial charge in [-0.1, -0.05) is 42.5 Å². The van der Waals surface area contributed by atoms with Crippen molar-refractivity contribution >= 4 is 21.6 Å². The summed E-state index contributed by atoms with van der Waals surface area (Å²) in [5.74, 6) is 0. The highest BCUT2D eigenvalue weighted by Gasteiger charge is 2.43. The van der Waals surface area contributed by atoms with Crippen molar-refractivity contribution in [1.29, 1.82) is 0 Å². The minimum atomic E-state index is 0.143. The molecule has 0 spiro atoms. The van der Waals surface area contributed by atoms with Gasteiger partial charge in [0.1, 0.15) is 17.2 Å². The molecule has 2 atom stereocenters. The molecule has 0 radical (unpaired) electrons. The van der Waals surface area contributed by atoms with Gasteiger partial charge in [-0.25, -0.2) is 4.98 Å². The molecule has 2 unspecified atom stereocenters. The third-order valence-corrected chi connectivity index (χ3v) is 4.27. The lowest BCUT2D eigenvalue weighted by atomic mass is 10.1. The van der Waals surface area contributed by atoms with Crippen molar-refractivity contribution in [2.24, 2.45) is 0 Å². The number of thiazole rings is 1. The molecule has 2 heterocycles. The number of aromatic nitrogens is 1. The Hall–Kier alpha value is -1.71. The normalized spacial score (nSPS) is 22.2. The molecule has 2 aromatic carbocycles. The molecule has 88 valence electrons. The molecule has 18 heavy (non-hydrogen) atoms. The van der Waals surface area contributed by atoms with E-state index < -0.39 is 0 Å². The average Bonchev–Trinajstić information content (AvgIpc) is 3.12. The molecule has 1 aliphatic rings. The van der Waals surface area contributed by atoms with Crippen LogP contribution in [0.15, 0.2) is 54.6 Å². The first-order chi connectivity index (χ1) is 8.92. The van der Waals surface area contributed by atoms with Gasteiger partial charge >= 0.3 is 0 Å². The molecule has 0 saturated carbocycles. The molecule has 1 fully saturated rings. The molecule has 2 nitrogen and oxygen atoms in total. The summed E-state index contributed by atoms with van der Waals surface area (Å²) < 4.78 is 7.00. The minimum Gasteiger partial charge on any atom is -0.357 e. The second-order valence-electron chi connectivity index (χ2n) is 4.41. The molecule has 0 bridgehead atoms. The van der Waals surface area contributed by atoms with E-state index in [-0.39, 0.29) is 12.2 Å². The summed E-state index contributed by atoms with van der Waals surface area (Å²) in [6.45, 7) is 0. The molecule has 1 aromatic heterocycles. The van der Waals surface area contributed by atoms with Crippen molar-refractivity contribution in [2.75, 3.05) is 0 Å². The summed E-state index contributed by atoms with van der Waals surface area (Å²) in [4.78, 5) is 4.64. The Balaban J connectivity index is 1.66. The van der Waals surface area contributed by atoms with Gasteiger partial charge in [-0.15, -0.1) is 11.3 Å². The van der Waals surface area contributed by atoms with Gasteiger partial charge in [0.05, 0.1) is 10.2 Å². The Morgan fingerprint density at radius 3 is 2.50 bits per heavy atom. The number of epoxide rings is 1. The molecular formula is C15H11NOS. The van der Waals surface area contributed by atoms with Crippen LogP contribution in [0, 0.1) is 0 Å². The second-order valence-corrected chi connectivity index (χ2v) is 5.47. The topological polar surface area (TPSA) is 25.4 Å². The van der Waals surface area contributed by atoms with Crippen molar-refractivity contribution in [1.82, 2.24) is 4.98 Å². The summed E-state index contributed by atoms with van der Waals surface area (Å²) in [6.07, 6.45) is 0.330. The van der Waals surface area contributed by atoms with Crippen LogP contribution in [0.1, 0.15) is 22.8 Å². The predicted molar refractivity (Wildman–Crippen MR) is 72.6 cm³/mol. The van der Waals surface area contributed by atoms with Gasteiger partial charge in [0, 0.05) is 0 Å². The van der Waals surface area contributed by atoms with Crippen LogP contribution in [-0.4, -0.2) is 4.98 Å². The fourth-order valence-electron chi connectivity index (χ4n) is 2.21. The number of rotatable bonds is 2. The maximum atomic E-state index is 5.77. The van der Waals surface area contributed by atoms with Crippen LogP contribution >= 0.6 is 11.3 Å². The highest BCUT2D eigenvalue weighted by Crippen LogP contribution is 2.52. The summed E-state index contributed by atoms with van der Waals surface area (Å²) in [6, 6.07) is 18.6. The van der Waals surface area contributed by atoms with E-state index in [2.05, 4.69) is 29.2 Å². The lowest BCUT2D eigenvalue weighted by molar-refractivity contribution is 0.377. The van der Waals surface area contributed by atoms with Gasteiger partial charge in [0.15, 0.2) is 0 Å². The molecular weight excluding hydrogens is 242 g/mol. The van der Waals surface area contributed by atoms with Gasteiger partial charge in [-0.3, -0.25) is 0 Å². The number of ether oxygens (including phenoxy) is 1. The molecule has 4 rings (SSSR count). The van der Waals surface area contributed by atoms with Crippen molar-refractivity contribution < 1.29 is 4.74 Å². The van der Waals surface area contributed by atoms with Crippen LogP contribution in [0.5, 0.6) is 0 Å². The predicted octanol–water partition coefficient (Wildman–Crippen LogP) is 4.11. The van der Waals surface area contributed by atoms with Crippen molar-refractivity contribution in [3.63, 3.8) is 0 Å². The Morgan fingerprint density at radius 1 is 0.889 bits per heavy atom. The van der Waals surface area contributed by atoms with E-state index in [1.807, 2.05) is 30.3 Å². The Morgan fingerprint density at radius 2 is 1.67 bits per heavy atom. The van der Waals surface area contributed by atoms with Crippen LogP contribution in [0.25, 0.3) is 10.2 Å². The van der Waals surface area contributed by atoms with Crippen molar-refractivity contribution in [3.8, 4) is 0 Å². The van der Waals surface area contributed by atoms with E-state index in [1.54, 1.807) is 11.3 Å². The lowest BCUT2D eigenvalue weighted by Gasteiger charge is -1.92. The zero-order valence-electron chi connectivity index (χ0n) is 9.61. The molecule has 1 aliphatic heterocycles. The zero-order valence-corrected chi connectivity index (χ0v) is 10.4. The van der Waals surface area contributed by atoms with Gasteiger partial charge in [0.25, 0.3) is 0 Å². The quantitative estimate of drug-likeness (QED) is 0.642. The summed E-state index contributed by atoms with van der Waals surface area (Å²) in [5, 5.41) is 1.09. The van der Waals surface area contributed by atoms with Gasteiger partial charge in [0.2, 0.25) is 0 Å². The monoisotopic (exact) mass is 253 g/mol. The van der Waals surface area contributed by atoms with Crippen LogP contribution in [-0.2, 0) is 4.74 Å². The standard InChI is InChI=1S/C15H11NOS/c1-2-6-10(7-3-1)13-14(17-13)15-16-11-8-4-5-9-12(11)18-15/h1-9,13-14H. The third-order valence-electron chi connectivity index (χ3n) is 3.17. The molecule has 0 aliphatic carbocycles. The smallest absolute Gasteiger partial charge is 0.140 e. The first kappa shape index (κ1) is 10.2. The van der Waals surface area contributed by atoms with Crippen LogP contribution in [0.2, 0.25) is 0 Å². The van der Waals surface area contributed by atoms with Crippen LogP contribution in [0.4, 0.5) is 0 Å². The largest absolute Gasteiger partial charge is 0.357 e. The number of hydrogen-bond donors (Lipinski definition) is 0. The van der Waals surface area contributed by atoms with Gasteiger partial charge < -0.3 is 4.74 Å². The first-order valence-electron chi connectivity index (χ1n) is 5.98. The number of para-hydroxylation sites is 1. The van der Waals surface area contributed by atoms with Crippen molar-refractivity contribution in [3.05, 3.63) is 65.2 Å². The summed E-state index contributed by atoms with van der Waals surface area (Å²) >= 11 is 1.73. The summed E-state index contributed by atoms with van der Waals surface area (Å²) in [7, 11) is 0. The Bertz CT molecular complexity index is 659. The number of fused-ring (bicyclic) bond motifs is 1. The van der Waals surface area contributed by atoms with Crippen LogP contribution in [0.3, 0.4) is 0 Å². The fourth-order valence-corrected chi connectivity index (χ4v) is 3.24. The van der Waals surface area contributed by atoms with E-state index in [9.17, 15) is 0 Å². The Kier molecular flexibility index (Phi) is 2.22. The average molecular weight is 253 g/mol. The Labute approximate surface area is 109 Å². The molecule has 0 amide bonds. The maximum absolute atomic E-state index is 5.77. The molecule has 3 heteroatoms. The van der Waals surface area contributed by atoms with E-state index in [0.29, 0.717) is 0 Å². The van der Waals surface area contributed by atoms with Crippen LogP contribution < -0.4 is 0 Å². The lowest BCUT2D eigenvalue weighted by Crippen LogP contribution is -1.82. The third kappa shape index (κ3) is 1.64. The van der Waals surface area contributed by atoms with Gasteiger partial charge in [-0.05, 0) is 17.7 Å². The van der Waals surface area contributed by atoms with E-state index in [0.717, 1.165) is 10.5 Å². The number of hydrogen-bond acceptors (Lipinski definition) is 3. The molecule has 0 N–H and O–H groups in total. The van der Waals surface area contributed by atoms with E-state index >= 15 is 0 Å². The first-order valence-corrected chi connectivity index (χ1v) is 6.79. The van der Waals surface area contributed by atoms with E-state index in [4.69, 9.17) is 4.74 Å². The minimum absolute atomic E-state index is 0.143. The highest BCUT2D eigenvalue weighted by molar-refractivity contribution is 7.18. The summed E-state index contributed by atoms with van der Waals surface area (Å²) in [5.41, 5.74) is 2.31. The molecule has 1 saturated heterocycles. The maximum Gasteiger partial charge on any atom is 0.140 e. The van der Waals surface area contributed by atoms with Crippen molar-refractivity contribution in [2.45, 2.75) is 12.2 Å². The number of nitrogens with zero attached hydrogens (tertiary/aromatic N) is 1. The SMILES string of the molecule is c1ccc(C2OC2c2nc3ccccc3s2)cc1. The van der Waals surface area contributed by atoms with Gasteiger partial charge in [-0.2, -0.15) is 0 Å². The highest BCUT2D eigenvalue weighted by atomic mass is 32.1. The molecule has 3 aromatic rings. The fraction of sp³-hybridized carbons (Fsp3) is 0.133. The number of benzene rings is 2. The zero-order chi connectivity index (χ0) is 11.9. The van der Waals surface area contributed by atoms with E-state index in [1.165, 1.54) is 10.3 Å².